The summed E-state index contributed by atoms with van der Waals surface area (Å²) in [6, 6.07) is 15.3. The minimum atomic E-state index is -0.122. The molecule has 1 aliphatic rings. The second kappa shape index (κ2) is 8.54. The van der Waals surface area contributed by atoms with Crippen LogP contribution >= 0.6 is 12.2 Å². The summed E-state index contributed by atoms with van der Waals surface area (Å²) in [5.74, 6) is 0.502. The van der Waals surface area contributed by atoms with Gasteiger partial charge in [0.1, 0.15) is 11.8 Å². The predicted molar refractivity (Wildman–Crippen MR) is 121 cm³/mol. The Hall–Kier alpha value is -3.39. The highest BCUT2D eigenvalue weighted by molar-refractivity contribution is 7.80. The molecule has 3 aromatic rings. The quantitative estimate of drug-likeness (QED) is 0.523. The van der Waals surface area contributed by atoms with Crippen LogP contribution in [0.25, 0.3) is 0 Å². The lowest BCUT2D eigenvalue weighted by atomic mass is 10.0. The van der Waals surface area contributed by atoms with E-state index in [1.54, 1.807) is 13.3 Å². The molecule has 3 heterocycles. The molecule has 1 saturated heterocycles. The van der Waals surface area contributed by atoms with E-state index in [9.17, 15) is 4.79 Å². The fraction of sp³-hybridized carbons (Fsp3) is 0.227. The second-order valence-electron chi connectivity index (χ2n) is 6.91. The lowest BCUT2D eigenvalue weighted by Crippen LogP contribution is -2.29. The van der Waals surface area contributed by atoms with Gasteiger partial charge in [0.25, 0.3) is 0 Å². The zero-order chi connectivity index (χ0) is 21.1. The van der Waals surface area contributed by atoms with Gasteiger partial charge in [-0.1, -0.05) is 13.0 Å². The lowest BCUT2D eigenvalue weighted by molar-refractivity contribution is -0.115. The van der Waals surface area contributed by atoms with E-state index in [1.807, 2.05) is 61.7 Å². The maximum Gasteiger partial charge on any atom is 0.224 e. The molecule has 1 amide bonds. The number of aromatic nitrogens is 2. The minimum absolute atomic E-state index is 0.0705. The zero-order valence-corrected chi connectivity index (χ0v) is 17.6. The fourth-order valence-electron chi connectivity index (χ4n) is 3.65. The molecule has 2 atom stereocenters. The number of pyridine rings is 1. The average Bonchev–Trinajstić information content (AvgIpc) is 3.42. The van der Waals surface area contributed by atoms with Crippen LogP contribution in [0.1, 0.15) is 36.8 Å². The Morgan fingerprint density at radius 2 is 2.13 bits per heavy atom. The first kappa shape index (κ1) is 19.9. The number of methoxy groups -OCH3 is 1. The number of benzene rings is 1. The predicted octanol–water partition coefficient (Wildman–Crippen LogP) is 3.94. The smallest absolute Gasteiger partial charge is 0.224 e. The average molecular weight is 422 g/mol. The molecule has 30 heavy (non-hydrogen) atoms. The number of nitrogens with zero attached hydrogens (tertiary/aromatic N) is 2. The fourth-order valence-corrected chi connectivity index (χ4v) is 3.99. The first-order valence-electron chi connectivity index (χ1n) is 9.74. The summed E-state index contributed by atoms with van der Waals surface area (Å²) in [5, 5.41) is 6.88. The van der Waals surface area contributed by atoms with Crippen molar-refractivity contribution in [2.24, 2.45) is 0 Å². The van der Waals surface area contributed by atoms with Crippen LogP contribution in [0.15, 0.2) is 60.9 Å². The number of nitrogens with one attached hydrogen (secondary N) is 3. The van der Waals surface area contributed by atoms with Crippen LogP contribution < -0.4 is 20.3 Å². The van der Waals surface area contributed by atoms with Gasteiger partial charge in [-0.3, -0.25) is 9.78 Å². The van der Waals surface area contributed by atoms with Crippen LogP contribution in [0.4, 0.5) is 11.4 Å². The number of ether oxygens (including phenoxy) is 1. The molecular weight excluding hydrogens is 398 g/mol. The SMILES string of the molecule is CCC(=O)Nc1ccc(N2C(=S)N[C@H](c3ccccn3)[C@H]2c2ccc[nH]2)cc1OC. The highest BCUT2D eigenvalue weighted by Gasteiger charge is 2.41. The summed E-state index contributed by atoms with van der Waals surface area (Å²) < 4.78 is 5.54. The minimum Gasteiger partial charge on any atom is -0.494 e. The number of amides is 1. The third kappa shape index (κ3) is 3.73. The standard InChI is InChI=1S/C22H23N5O2S/c1-3-19(28)25-15-10-9-14(13-18(15)29-2)27-21(17-8-6-12-24-17)20(26-22(27)30)16-7-4-5-11-23-16/h4-13,20-21,24H,3H2,1-2H3,(H,25,28)(H,26,30)/t20-,21-/m1/s1. The van der Waals surface area contributed by atoms with Crippen molar-refractivity contribution in [1.82, 2.24) is 15.3 Å². The van der Waals surface area contributed by atoms with Gasteiger partial charge in [-0.2, -0.15) is 0 Å². The van der Waals surface area contributed by atoms with Gasteiger partial charge < -0.3 is 25.3 Å². The van der Waals surface area contributed by atoms with Gasteiger partial charge in [-0.15, -0.1) is 0 Å². The summed E-state index contributed by atoms with van der Waals surface area (Å²) >= 11 is 5.71. The summed E-state index contributed by atoms with van der Waals surface area (Å²) in [6.45, 7) is 1.81. The molecule has 4 rings (SSSR count). The number of rotatable bonds is 6. The topological polar surface area (TPSA) is 82.3 Å². The molecule has 1 aliphatic heterocycles. The monoisotopic (exact) mass is 421 g/mol. The molecule has 7 nitrogen and oxygen atoms in total. The molecule has 0 radical (unpaired) electrons. The number of carbonyl (C=O) groups is 1. The van der Waals surface area contributed by atoms with Gasteiger partial charge in [0.15, 0.2) is 5.11 Å². The van der Waals surface area contributed by atoms with Crippen molar-refractivity contribution in [3.05, 3.63) is 72.3 Å². The highest BCUT2D eigenvalue weighted by Crippen LogP contribution is 2.42. The molecule has 0 unspecified atom stereocenters. The number of aromatic amines is 1. The molecule has 1 fully saturated rings. The van der Waals surface area contributed by atoms with Gasteiger partial charge in [-0.25, -0.2) is 0 Å². The molecular formula is C22H23N5O2S. The van der Waals surface area contributed by atoms with Crippen LogP contribution in [-0.2, 0) is 4.79 Å². The van der Waals surface area contributed by atoms with Gasteiger partial charge in [0.05, 0.1) is 24.5 Å². The molecule has 0 saturated carbocycles. The van der Waals surface area contributed by atoms with E-state index < -0.39 is 0 Å². The zero-order valence-electron chi connectivity index (χ0n) is 16.8. The molecule has 1 aromatic carbocycles. The van der Waals surface area contributed by atoms with Crippen molar-refractivity contribution >= 4 is 34.6 Å². The van der Waals surface area contributed by atoms with Crippen LogP contribution in [0, 0.1) is 0 Å². The number of anilines is 2. The second-order valence-corrected chi connectivity index (χ2v) is 7.30. The Balaban J connectivity index is 1.75. The number of hydrogen-bond donors (Lipinski definition) is 3. The number of hydrogen-bond acceptors (Lipinski definition) is 4. The lowest BCUT2D eigenvalue weighted by Gasteiger charge is -2.27. The first-order chi connectivity index (χ1) is 14.6. The van der Waals surface area contributed by atoms with E-state index in [1.165, 1.54) is 0 Å². The van der Waals surface area contributed by atoms with E-state index in [0.29, 0.717) is 23.0 Å². The summed E-state index contributed by atoms with van der Waals surface area (Å²) in [6.07, 6.45) is 4.07. The number of thiocarbonyl (C=S) groups is 1. The van der Waals surface area contributed by atoms with Crippen molar-refractivity contribution in [3.63, 3.8) is 0 Å². The molecule has 3 N–H and O–H groups in total. The molecule has 0 spiro atoms. The number of H-pyrrole nitrogens is 1. The largest absolute Gasteiger partial charge is 0.494 e. The summed E-state index contributed by atoms with van der Waals surface area (Å²) in [7, 11) is 1.58. The Morgan fingerprint density at radius 1 is 1.27 bits per heavy atom. The third-order valence-electron chi connectivity index (χ3n) is 5.10. The molecule has 0 aliphatic carbocycles. The first-order valence-corrected chi connectivity index (χ1v) is 10.1. The van der Waals surface area contributed by atoms with Crippen molar-refractivity contribution in [2.45, 2.75) is 25.4 Å². The molecule has 8 heteroatoms. The molecule has 154 valence electrons. The van der Waals surface area contributed by atoms with Crippen LogP contribution in [0.2, 0.25) is 0 Å². The van der Waals surface area contributed by atoms with Gasteiger partial charge in [-0.05, 0) is 48.6 Å². The van der Waals surface area contributed by atoms with Crippen LogP contribution in [0.5, 0.6) is 5.75 Å². The Bertz CT molecular complexity index is 1040. The highest BCUT2D eigenvalue weighted by atomic mass is 32.1. The van der Waals surface area contributed by atoms with E-state index >= 15 is 0 Å². The third-order valence-corrected chi connectivity index (χ3v) is 5.41. The van der Waals surface area contributed by atoms with Crippen molar-refractivity contribution in [1.29, 1.82) is 0 Å². The van der Waals surface area contributed by atoms with E-state index in [4.69, 9.17) is 17.0 Å². The van der Waals surface area contributed by atoms with Crippen molar-refractivity contribution in [2.75, 3.05) is 17.3 Å². The van der Waals surface area contributed by atoms with Gasteiger partial charge in [0.2, 0.25) is 5.91 Å². The summed E-state index contributed by atoms with van der Waals surface area (Å²) in [5.41, 5.74) is 3.40. The number of carbonyl (C=O) groups excluding carboxylic acids is 1. The van der Waals surface area contributed by atoms with Gasteiger partial charge in [0, 0.05) is 36.3 Å². The van der Waals surface area contributed by atoms with Crippen LogP contribution in [0.3, 0.4) is 0 Å². The van der Waals surface area contributed by atoms with Crippen LogP contribution in [-0.4, -0.2) is 28.1 Å². The maximum absolute atomic E-state index is 11.8. The molecule has 0 bridgehead atoms. The van der Waals surface area contributed by atoms with E-state index in [2.05, 4.69) is 25.5 Å². The Kier molecular flexibility index (Phi) is 5.67. The molecule has 2 aromatic heterocycles. The Labute approximate surface area is 180 Å². The summed E-state index contributed by atoms with van der Waals surface area (Å²) in [4.78, 5) is 21.7. The van der Waals surface area contributed by atoms with E-state index in [-0.39, 0.29) is 18.0 Å². The van der Waals surface area contributed by atoms with Crippen molar-refractivity contribution in [3.8, 4) is 5.75 Å². The normalized spacial score (nSPS) is 18.2. The van der Waals surface area contributed by atoms with Crippen molar-refractivity contribution < 1.29 is 9.53 Å². The van der Waals surface area contributed by atoms with E-state index in [0.717, 1.165) is 17.1 Å². The maximum atomic E-state index is 11.8. The Morgan fingerprint density at radius 3 is 2.80 bits per heavy atom. The van der Waals surface area contributed by atoms with Gasteiger partial charge >= 0.3 is 0 Å².